The molecule has 1 aliphatic rings. The number of amides is 2. The minimum atomic E-state index is -4.94. The molecule has 0 aliphatic carbocycles. The van der Waals surface area contributed by atoms with Crippen molar-refractivity contribution in [3.8, 4) is 0 Å². The van der Waals surface area contributed by atoms with Crippen LogP contribution in [0, 0.1) is 5.82 Å². The molecule has 0 radical (unpaired) electrons. The lowest BCUT2D eigenvalue weighted by atomic mass is 10.0. The number of carbonyl (C=O) groups excluding carboxylic acids is 2. The fourth-order valence-corrected chi connectivity index (χ4v) is 2.60. The quantitative estimate of drug-likeness (QED) is 0.832. The van der Waals surface area contributed by atoms with E-state index in [1.165, 1.54) is 17.0 Å². The molecule has 4 nitrogen and oxygen atoms in total. The van der Waals surface area contributed by atoms with Gasteiger partial charge >= 0.3 is 12.1 Å². The van der Waals surface area contributed by atoms with Crippen LogP contribution in [0.15, 0.2) is 18.2 Å². The molecule has 23 heavy (non-hydrogen) atoms. The number of rotatable bonds is 2. The smallest absolute Gasteiger partial charge is 0.345 e. The Morgan fingerprint density at radius 3 is 2.35 bits per heavy atom. The zero-order valence-corrected chi connectivity index (χ0v) is 12.5. The van der Waals surface area contributed by atoms with Gasteiger partial charge < -0.3 is 10.2 Å². The summed E-state index contributed by atoms with van der Waals surface area (Å²) in [6.45, 7) is 0.207. The van der Waals surface area contributed by atoms with Gasteiger partial charge in [0.2, 0.25) is 0 Å². The first kappa shape index (κ1) is 17.5. The van der Waals surface area contributed by atoms with Gasteiger partial charge in [0.15, 0.2) is 0 Å². The zero-order valence-electron chi connectivity index (χ0n) is 11.8. The first-order chi connectivity index (χ1) is 10.7. The fourth-order valence-electron chi connectivity index (χ4n) is 2.35. The minimum Gasteiger partial charge on any atom is -0.345 e. The summed E-state index contributed by atoms with van der Waals surface area (Å²) in [4.78, 5) is 24.4. The lowest BCUT2D eigenvalue weighted by Gasteiger charge is -2.32. The first-order valence-corrected chi connectivity index (χ1v) is 7.19. The van der Waals surface area contributed by atoms with Crippen molar-refractivity contribution in [2.24, 2.45) is 0 Å². The molecule has 0 unspecified atom stereocenters. The summed E-state index contributed by atoms with van der Waals surface area (Å²) < 4.78 is 50.3. The van der Waals surface area contributed by atoms with Crippen molar-refractivity contribution in [1.29, 1.82) is 0 Å². The maximum absolute atomic E-state index is 13.7. The standard InChI is InChI=1S/C14H13ClF4N2O2/c15-9-2-1-3-10(16)11(9)12(22)21-6-4-8(5-7-21)20-13(23)14(17,18)19/h1-3,8H,4-7H2,(H,20,23). The van der Waals surface area contributed by atoms with Crippen molar-refractivity contribution >= 4 is 23.4 Å². The van der Waals surface area contributed by atoms with E-state index >= 15 is 0 Å². The second kappa shape index (κ2) is 6.74. The molecule has 2 amide bonds. The highest BCUT2D eigenvalue weighted by atomic mass is 35.5. The number of nitrogens with one attached hydrogen (secondary N) is 1. The van der Waals surface area contributed by atoms with Gasteiger partial charge in [-0.3, -0.25) is 9.59 Å². The summed E-state index contributed by atoms with van der Waals surface area (Å²) in [5, 5.41) is 1.85. The summed E-state index contributed by atoms with van der Waals surface area (Å²) in [7, 11) is 0. The molecule has 0 saturated carbocycles. The molecule has 9 heteroatoms. The van der Waals surface area contributed by atoms with Crippen molar-refractivity contribution in [1.82, 2.24) is 10.2 Å². The molecule has 0 aromatic heterocycles. The molecule has 1 N–H and O–H groups in total. The second-order valence-electron chi connectivity index (χ2n) is 5.13. The Bertz CT molecular complexity index is 593. The van der Waals surface area contributed by atoms with Crippen LogP contribution in [0.1, 0.15) is 23.2 Å². The summed E-state index contributed by atoms with van der Waals surface area (Å²) in [6.07, 6.45) is -4.63. The Kier molecular flexibility index (Phi) is 5.13. The average Bonchev–Trinajstić information content (AvgIpc) is 2.46. The predicted molar refractivity (Wildman–Crippen MR) is 74.5 cm³/mol. The third-order valence-electron chi connectivity index (χ3n) is 3.55. The van der Waals surface area contributed by atoms with Crippen LogP contribution in [-0.4, -0.2) is 42.0 Å². The van der Waals surface area contributed by atoms with Gasteiger partial charge in [0.05, 0.1) is 10.6 Å². The number of hydrogen-bond donors (Lipinski definition) is 1. The highest BCUT2D eigenvalue weighted by Crippen LogP contribution is 2.23. The Hall–Kier alpha value is -1.83. The van der Waals surface area contributed by atoms with Crippen LogP contribution < -0.4 is 5.32 Å². The topological polar surface area (TPSA) is 49.4 Å². The minimum absolute atomic E-state index is 0.0255. The molecular formula is C14H13ClF4N2O2. The molecule has 1 aromatic rings. The maximum Gasteiger partial charge on any atom is 0.471 e. The fraction of sp³-hybridized carbons (Fsp3) is 0.429. The van der Waals surface area contributed by atoms with E-state index in [1.54, 1.807) is 0 Å². The molecule has 1 fully saturated rings. The van der Waals surface area contributed by atoms with E-state index in [2.05, 4.69) is 0 Å². The van der Waals surface area contributed by atoms with Crippen LogP contribution in [0.5, 0.6) is 0 Å². The van der Waals surface area contributed by atoms with E-state index in [-0.39, 0.29) is 36.5 Å². The average molecular weight is 353 g/mol. The summed E-state index contributed by atoms with van der Waals surface area (Å²) in [6, 6.07) is 3.18. The number of hydrogen-bond acceptors (Lipinski definition) is 2. The third kappa shape index (κ3) is 4.13. The number of likely N-dealkylation sites (tertiary alicyclic amines) is 1. The number of carbonyl (C=O) groups is 2. The van der Waals surface area contributed by atoms with Gasteiger partial charge in [-0.25, -0.2) is 4.39 Å². The van der Waals surface area contributed by atoms with Crippen LogP contribution in [0.25, 0.3) is 0 Å². The van der Waals surface area contributed by atoms with Crippen LogP contribution in [-0.2, 0) is 4.79 Å². The van der Waals surface area contributed by atoms with Gasteiger partial charge in [-0.05, 0) is 25.0 Å². The number of piperidine rings is 1. The molecule has 1 saturated heterocycles. The number of halogens is 5. The van der Waals surface area contributed by atoms with E-state index in [0.717, 1.165) is 6.07 Å². The number of nitrogens with zero attached hydrogens (tertiary/aromatic N) is 1. The van der Waals surface area contributed by atoms with Crippen molar-refractivity contribution in [3.05, 3.63) is 34.6 Å². The third-order valence-corrected chi connectivity index (χ3v) is 3.87. The molecule has 0 atom stereocenters. The summed E-state index contributed by atoms with van der Waals surface area (Å²) in [5.74, 6) is -3.37. The molecule has 1 heterocycles. The van der Waals surface area contributed by atoms with E-state index in [4.69, 9.17) is 11.6 Å². The van der Waals surface area contributed by atoms with Gasteiger partial charge in [-0.1, -0.05) is 17.7 Å². The molecule has 1 aromatic carbocycles. The van der Waals surface area contributed by atoms with Crippen LogP contribution in [0.2, 0.25) is 5.02 Å². The normalized spacial score (nSPS) is 16.3. The zero-order chi connectivity index (χ0) is 17.2. The largest absolute Gasteiger partial charge is 0.471 e. The van der Waals surface area contributed by atoms with Crippen LogP contribution in [0.3, 0.4) is 0 Å². The predicted octanol–water partition coefficient (Wildman–Crippen LogP) is 2.76. The SMILES string of the molecule is O=C(c1c(F)cccc1Cl)N1CCC(NC(=O)C(F)(F)F)CC1. The van der Waals surface area contributed by atoms with Crippen molar-refractivity contribution in [2.45, 2.75) is 25.1 Å². The van der Waals surface area contributed by atoms with E-state index < -0.39 is 29.8 Å². The van der Waals surface area contributed by atoms with Gasteiger partial charge in [0.25, 0.3) is 5.91 Å². The maximum atomic E-state index is 13.7. The lowest BCUT2D eigenvalue weighted by molar-refractivity contribution is -0.174. The first-order valence-electron chi connectivity index (χ1n) is 6.81. The van der Waals surface area contributed by atoms with E-state index in [1.807, 2.05) is 5.32 Å². The number of alkyl halides is 3. The Morgan fingerprint density at radius 1 is 1.22 bits per heavy atom. The molecule has 1 aliphatic heterocycles. The van der Waals surface area contributed by atoms with Crippen molar-refractivity contribution in [2.75, 3.05) is 13.1 Å². The molecule has 0 bridgehead atoms. The Morgan fingerprint density at radius 2 is 1.83 bits per heavy atom. The van der Waals surface area contributed by atoms with Crippen LogP contribution >= 0.6 is 11.6 Å². The van der Waals surface area contributed by atoms with Crippen LogP contribution in [0.4, 0.5) is 17.6 Å². The lowest BCUT2D eigenvalue weighted by Crippen LogP contribution is -2.49. The Labute approximate surface area is 134 Å². The van der Waals surface area contributed by atoms with E-state index in [9.17, 15) is 27.2 Å². The summed E-state index contributed by atoms with van der Waals surface area (Å²) in [5.41, 5.74) is -0.257. The molecule has 2 rings (SSSR count). The monoisotopic (exact) mass is 352 g/mol. The van der Waals surface area contributed by atoms with Gasteiger partial charge in [0, 0.05) is 19.1 Å². The van der Waals surface area contributed by atoms with Gasteiger partial charge in [-0.2, -0.15) is 13.2 Å². The van der Waals surface area contributed by atoms with Crippen molar-refractivity contribution < 1.29 is 27.2 Å². The second-order valence-corrected chi connectivity index (χ2v) is 5.54. The molecule has 126 valence electrons. The number of benzene rings is 1. The van der Waals surface area contributed by atoms with Crippen molar-refractivity contribution in [3.63, 3.8) is 0 Å². The molecule has 0 spiro atoms. The molecular weight excluding hydrogens is 340 g/mol. The summed E-state index contributed by atoms with van der Waals surface area (Å²) >= 11 is 5.82. The highest BCUT2D eigenvalue weighted by Gasteiger charge is 2.40. The van der Waals surface area contributed by atoms with Gasteiger partial charge in [-0.15, -0.1) is 0 Å². The Balaban J connectivity index is 1.97. The van der Waals surface area contributed by atoms with Gasteiger partial charge in [0.1, 0.15) is 5.82 Å². The highest BCUT2D eigenvalue weighted by molar-refractivity contribution is 6.33. The van der Waals surface area contributed by atoms with E-state index in [0.29, 0.717) is 0 Å².